The Morgan fingerprint density at radius 1 is 1.75 bits per heavy atom. The predicted molar refractivity (Wildman–Crippen MR) is 35.1 cm³/mol. The summed E-state index contributed by atoms with van der Waals surface area (Å²) in [4.78, 5) is 0. The van der Waals surface area contributed by atoms with Crippen molar-refractivity contribution in [2.24, 2.45) is 0 Å². The first-order chi connectivity index (χ1) is 3.29. The van der Waals surface area contributed by atoms with Gasteiger partial charge in [-0.15, -0.1) is 12.4 Å². The van der Waals surface area contributed by atoms with Crippen LogP contribution in [0, 0.1) is 0 Å². The van der Waals surface area contributed by atoms with Crippen molar-refractivity contribution < 1.29 is 0 Å². The smallest absolute Gasteiger partial charge is 0.0734 e. The van der Waals surface area contributed by atoms with Gasteiger partial charge in [0.25, 0.3) is 0 Å². The molecule has 2 N–H and O–H groups in total. The van der Waals surface area contributed by atoms with Crippen LogP contribution in [0.1, 0.15) is 0 Å². The van der Waals surface area contributed by atoms with E-state index in [2.05, 4.69) is 5.10 Å². The fourth-order valence-electron chi connectivity index (χ4n) is 0.311. The fraction of sp³-hybridized carbons (Fsp3) is 0. The molecule has 0 spiro atoms. The van der Waals surface area contributed by atoms with Crippen molar-refractivity contribution in [3.63, 3.8) is 0 Å². The van der Waals surface area contributed by atoms with Crippen LogP contribution in [-0.2, 0) is 0 Å². The number of rotatable bonds is 0. The molecule has 0 amide bonds. The molecule has 0 aliphatic rings. The van der Waals surface area contributed by atoms with E-state index < -0.39 is 0 Å². The molecule has 0 aliphatic carbocycles. The van der Waals surface area contributed by atoms with E-state index in [4.69, 9.17) is 17.5 Å². The fourth-order valence-corrected chi connectivity index (χ4v) is 0.468. The Hall–Kier alpha value is -0.410. The molecule has 1 rings (SSSR count). The average Bonchev–Trinajstić information content (AvgIpc) is 1.87. The van der Waals surface area contributed by atoms with Gasteiger partial charge in [-0.25, -0.2) is 0 Å². The van der Waals surface area contributed by atoms with Crippen LogP contribution in [0.2, 0.25) is 0 Å². The summed E-state index contributed by atoms with van der Waals surface area (Å²) in [5.41, 5.74) is 5.79. The molecule has 0 unspecified atom stereocenters. The zero-order chi connectivity index (χ0) is 5.28. The number of hydrogen-bond donors (Lipinski definition) is 1. The number of aromatic nitrogens is 2. The maximum atomic E-state index is 5.29. The van der Waals surface area contributed by atoms with Crippen LogP contribution in [0.4, 0.5) is 5.69 Å². The summed E-state index contributed by atoms with van der Waals surface area (Å²) >= 11 is 5.29. The van der Waals surface area contributed by atoms with E-state index in [0.29, 0.717) is 5.69 Å². The highest BCUT2D eigenvalue weighted by molar-refractivity contribution is 6.14. The lowest BCUT2D eigenvalue weighted by molar-refractivity contribution is 0.994. The highest BCUT2D eigenvalue weighted by Crippen LogP contribution is 1.97. The number of halogens is 2. The number of anilines is 1. The van der Waals surface area contributed by atoms with E-state index in [1.807, 2.05) is 0 Å². The second-order valence-electron chi connectivity index (χ2n) is 1.16. The van der Waals surface area contributed by atoms with Crippen molar-refractivity contribution >= 4 is 29.9 Å². The average molecular weight is 154 g/mol. The van der Waals surface area contributed by atoms with E-state index in [9.17, 15) is 0 Å². The Balaban J connectivity index is 0.000000490. The van der Waals surface area contributed by atoms with Crippen LogP contribution in [0.25, 0.3) is 0 Å². The maximum absolute atomic E-state index is 5.29. The van der Waals surface area contributed by atoms with Crippen LogP contribution in [0.3, 0.4) is 0 Å². The molecule has 0 atom stereocenters. The van der Waals surface area contributed by atoms with E-state index >= 15 is 0 Å². The monoisotopic (exact) mass is 153 g/mol. The van der Waals surface area contributed by atoms with Crippen molar-refractivity contribution in [1.82, 2.24) is 9.30 Å². The van der Waals surface area contributed by atoms with Crippen molar-refractivity contribution in [3.05, 3.63) is 12.4 Å². The number of hydrogen-bond acceptors (Lipinski definition) is 2. The molecule has 0 bridgehead atoms. The molecular weight excluding hydrogens is 149 g/mol. The van der Waals surface area contributed by atoms with Crippen molar-refractivity contribution in [1.29, 1.82) is 0 Å². The van der Waals surface area contributed by atoms with Gasteiger partial charge in [0.2, 0.25) is 0 Å². The van der Waals surface area contributed by atoms with Crippen LogP contribution in [0.15, 0.2) is 12.4 Å². The number of nitrogens with two attached hydrogens (primary N) is 1. The highest BCUT2D eigenvalue weighted by Gasteiger charge is 1.84. The molecule has 0 radical (unpaired) electrons. The molecule has 46 valence electrons. The van der Waals surface area contributed by atoms with E-state index in [1.54, 1.807) is 0 Å². The predicted octanol–water partition coefficient (Wildman–Crippen LogP) is 0.889. The van der Waals surface area contributed by atoms with Gasteiger partial charge in [0.1, 0.15) is 0 Å². The molecule has 1 heterocycles. The van der Waals surface area contributed by atoms with E-state index in [0.717, 1.165) is 4.20 Å². The van der Waals surface area contributed by atoms with Gasteiger partial charge in [0.15, 0.2) is 0 Å². The molecule has 0 saturated carbocycles. The van der Waals surface area contributed by atoms with Gasteiger partial charge in [-0.3, -0.25) is 0 Å². The number of nitrogen functional groups attached to an aromatic ring is 1. The Labute approximate surface area is 57.9 Å². The lowest BCUT2D eigenvalue weighted by Gasteiger charge is -1.73. The molecule has 0 saturated heterocycles. The molecule has 1 aromatic rings. The minimum atomic E-state index is 0. The Bertz CT molecular complexity index is 145. The van der Waals surface area contributed by atoms with Gasteiger partial charge < -0.3 is 5.73 Å². The summed E-state index contributed by atoms with van der Waals surface area (Å²) in [7, 11) is 0. The first-order valence-corrected chi connectivity index (χ1v) is 2.09. The quantitative estimate of drug-likeness (QED) is 0.602. The van der Waals surface area contributed by atoms with Gasteiger partial charge in [-0.05, 0) is 0 Å². The number of nitrogens with zero attached hydrogens (tertiary/aromatic N) is 2. The molecular formula is C3H5Cl2N3. The SMILES string of the molecule is Cl.Nc1cnn(Cl)c1. The maximum Gasteiger partial charge on any atom is 0.0734 e. The second-order valence-corrected chi connectivity index (χ2v) is 1.51. The zero-order valence-electron chi connectivity index (χ0n) is 3.91. The summed E-state index contributed by atoms with van der Waals surface area (Å²) in [5.74, 6) is 0. The van der Waals surface area contributed by atoms with Crippen LogP contribution in [-0.4, -0.2) is 9.30 Å². The largest absolute Gasteiger partial charge is 0.396 e. The topological polar surface area (TPSA) is 43.8 Å². The Kier molecular flexibility index (Phi) is 2.65. The normalized spacial score (nSPS) is 8.12. The Morgan fingerprint density at radius 2 is 2.38 bits per heavy atom. The third kappa shape index (κ3) is 1.60. The minimum absolute atomic E-state index is 0. The van der Waals surface area contributed by atoms with Gasteiger partial charge in [0.05, 0.1) is 18.1 Å². The van der Waals surface area contributed by atoms with Gasteiger partial charge in [-0.1, -0.05) is 0 Å². The van der Waals surface area contributed by atoms with Gasteiger partial charge >= 0.3 is 0 Å². The Morgan fingerprint density at radius 3 is 2.50 bits per heavy atom. The van der Waals surface area contributed by atoms with E-state index in [1.165, 1.54) is 12.4 Å². The van der Waals surface area contributed by atoms with Crippen molar-refractivity contribution in [3.8, 4) is 0 Å². The lowest BCUT2D eigenvalue weighted by Crippen LogP contribution is -1.77. The minimum Gasteiger partial charge on any atom is -0.396 e. The molecule has 8 heavy (non-hydrogen) atoms. The van der Waals surface area contributed by atoms with Crippen LogP contribution in [0.5, 0.6) is 0 Å². The zero-order valence-corrected chi connectivity index (χ0v) is 5.49. The summed E-state index contributed by atoms with van der Waals surface area (Å²) in [6, 6.07) is 0. The molecule has 1 aromatic heterocycles. The second kappa shape index (κ2) is 2.79. The van der Waals surface area contributed by atoms with Crippen LogP contribution >= 0.6 is 24.2 Å². The third-order valence-corrected chi connectivity index (χ3v) is 0.758. The van der Waals surface area contributed by atoms with Crippen molar-refractivity contribution in [2.75, 3.05) is 5.73 Å². The standard InChI is InChI=1S/C3H4ClN3.ClH/c4-7-2-3(5)1-6-7;/h1-2H,5H2;1H. The first kappa shape index (κ1) is 7.59. The molecule has 5 heteroatoms. The van der Waals surface area contributed by atoms with E-state index in [-0.39, 0.29) is 12.4 Å². The molecule has 0 aromatic carbocycles. The molecule has 0 fully saturated rings. The van der Waals surface area contributed by atoms with Crippen LogP contribution < -0.4 is 5.73 Å². The summed E-state index contributed by atoms with van der Waals surface area (Å²) in [5, 5.41) is 3.57. The first-order valence-electron chi connectivity index (χ1n) is 1.75. The van der Waals surface area contributed by atoms with Gasteiger partial charge in [0, 0.05) is 11.8 Å². The molecule has 0 aliphatic heterocycles. The highest BCUT2D eigenvalue weighted by atomic mass is 35.5. The lowest BCUT2D eigenvalue weighted by atomic mass is 10.6. The summed E-state index contributed by atoms with van der Waals surface area (Å²) < 4.78 is 1.13. The summed E-state index contributed by atoms with van der Waals surface area (Å²) in [6.45, 7) is 0. The van der Waals surface area contributed by atoms with Gasteiger partial charge in [-0.2, -0.15) is 9.30 Å². The summed E-state index contributed by atoms with van der Waals surface area (Å²) in [6.07, 6.45) is 2.99. The van der Waals surface area contributed by atoms with Crippen molar-refractivity contribution in [2.45, 2.75) is 0 Å². The molecule has 3 nitrogen and oxygen atoms in total. The third-order valence-electron chi connectivity index (χ3n) is 0.573.